The van der Waals surface area contributed by atoms with Gasteiger partial charge >= 0.3 is 12.1 Å². The number of sulfonamides is 1. The summed E-state index contributed by atoms with van der Waals surface area (Å²) >= 11 is 0. The van der Waals surface area contributed by atoms with Crippen LogP contribution < -0.4 is 0 Å². The minimum Gasteiger partial charge on any atom is -0.461 e. The summed E-state index contributed by atoms with van der Waals surface area (Å²) in [6.07, 6.45) is -1.75. The fourth-order valence-electron chi connectivity index (χ4n) is 3.21. The smallest absolute Gasteiger partial charge is 0.416 e. The number of hydrogen-bond acceptors (Lipinski definition) is 4. The topological polar surface area (TPSA) is 63.7 Å². The molecule has 2 aromatic rings. The molecule has 0 atom stereocenters. The Morgan fingerprint density at radius 3 is 2.03 bits per heavy atom. The van der Waals surface area contributed by atoms with Crippen LogP contribution in [0.5, 0.6) is 0 Å². The fraction of sp³-hybridized carbons (Fsp3) is 0.381. The van der Waals surface area contributed by atoms with Crippen molar-refractivity contribution < 1.29 is 31.1 Å². The predicted octanol–water partition coefficient (Wildman–Crippen LogP) is 4.17. The molecule has 1 fully saturated rings. The Labute approximate surface area is 173 Å². The van der Waals surface area contributed by atoms with E-state index in [4.69, 9.17) is 4.74 Å². The summed E-state index contributed by atoms with van der Waals surface area (Å²) in [5.74, 6) is -0.554. The lowest BCUT2D eigenvalue weighted by atomic mass is 10.1. The molecule has 0 aliphatic carbocycles. The van der Waals surface area contributed by atoms with E-state index in [0.717, 1.165) is 31.4 Å². The van der Waals surface area contributed by atoms with Gasteiger partial charge in [-0.1, -0.05) is 30.7 Å². The summed E-state index contributed by atoms with van der Waals surface area (Å²) in [5.41, 5.74) is 0.265. The van der Waals surface area contributed by atoms with Crippen molar-refractivity contribution in [1.29, 1.82) is 0 Å². The van der Waals surface area contributed by atoms with Gasteiger partial charge in [-0.3, -0.25) is 4.79 Å². The zero-order valence-electron chi connectivity index (χ0n) is 16.2. The van der Waals surface area contributed by atoms with Gasteiger partial charge in [0.2, 0.25) is 10.0 Å². The zero-order chi connectivity index (χ0) is 21.8. The van der Waals surface area contributed by atoms with Crippen LogP contribution in [-0.2, 0) is 38.8 Å². The van der Waals surface area contributed by atoms with Gasteiger partial charge in [-0.2, -0.15) is 17.5 Å². The number of piperidine rings is 1. The molecule has 9 heteroatoms. The van der Waals surface area contributed by atoms with Gasteiger partial charge in [-0.25, -0.2) is 8.42 Å². The second-order valence-corrected chi connectivity index (χ2v) is 9.08. The summed E-state index contributed by atoms with van der Waals surface area (Å²) in [4.78, 5) is 12.2. The first-order valence-corrected chi connectivity index (χ1v) is 11.0. The molecule has 0 N–H and O–H groups in total. The van der Waals surface area contributed by atoms with Gasteiger partial charge in [0.1, 0.15) is 6.61 Å². The van der Waals surface area contributed by atoms with Crippen molar-refractivity contribution in [2.75, 3.05) is 13.1 Å². The highest BCUT2D eigenvalue weighted by Gasteiger charge is 2.30. The lowest BCUT2D eigenvalue weighted by Gasteiger charge is -2.25. The summed E-state index contributed by atoms with van der Waals surface area (Å²) < 4.78 is 69.5. The number of benzene rings is 2. The molecule has 1 aliphatic rings. The van der Waals surface area contributed by atoms with E-state index in [1.54, 1.807) is 12.1 Å². The number of carbonyl (C=O) groups is 1. The monoisotopic (exact) mass is 441 g/mol. The maximum absolute atomic E-state index is 12.6. The maximum Gasteiger partial charge on any atom is 0.416 e. The van der Waals surface area contributed by atoms with Gasteiger partial charge in [0.05, 0.1) is 16.9 Å². The van der Waals surface area contributed by atoms with Crippen molar-refractivity contribution in [2.45, 2.75) is 43.4 Å². The maximum atomic E-state index is 12.6. The molecule has 0 bridgehead atoms. The van der Waals surface area contributed by atoms with Gasteiger partial charge < -0.3 is 4.74 Å². The minimum absolute atomic E-state index is 0.0648. The molecule has 3 rings (SSSR count). The number of ether oxygens (including phenoxy) is 1. The van der Waals surface area contributed by atoms with Crippen molar-refractivity contribution in [3.8, 4) is 0 Å². The second-order valence-electron chi connectivity index (χ2n) is 7.14. The number of nitrogens with zero attached hydrogens (tertiary/aromatic N) is 1. The molecule has 0 amide bonds. The molecule has 2 aromatic carbocycles. The average Bonchev–Trinajstić information content (AvgIpc) is 2.73. The highest BCUT2D eigenvalue weighted by Crippen LogP contribution is 2.29. The van der Waals surface area contributed by atoms with E-state index in [9.17, 15) is 26.4 Å². The third-order valence-corrected chi connectivity index (χ3v) is 6.82. The molecule has 0 aromatic heterocycles. The number of hydrogen-bond donors (Lipinski definition) is 0. The van der Waals surface area contributed by atoms with Crippen LogP contribution >= 0.6 is 0 Å². The average molecular weight is 441 g/mol. The molecule has 5 nitrogen and oxygen atoms in total. The van der Waals surface area contributed by atoms with Gasteiger partial charge in [0.25, 0.3) is 0 Å². The first kappa shape index (κ1) is 22.3. The number of alkyl halides is 3. The van der Waals surface area contributed by atoms with Gasteiger partial charge in [-0.15, -0.1) is 0 Å². The molecular weight excluding hydrogens is 419 g/mol. The van der Waals surface area contributed by atoms with Crippen LogP contribution in [0.15, 0.2) is 53.4 Å². The second kappa shape index (κ2) is 9.18. The van der Waals surface area contributed by atoms with Crippen molar-refractivity contribution in [3.63, 3.8) is 0 Å². The Balaban J connectivity index is 1.54. The van der Waals surface area contributed by atoms with E-state index in [0.29, 0.717) is 24.2 Å². The molecule has 0 saturated carbocycles. The third-order valence-electron chi connectivity index (χ3n) is 4.91. The Bertz CT molecular complexity index is 965. The molecule has 0 unspecified atom stereocenters. The third kappa shape index (κ3) is 5.60. The number of carbonyl (C=O) groups excluding carboxylic acids is 1. The highest BCUT2D eigenvalue weighted by atomic mass is 32.2. The zero-order valence-corrected chi connectivity index (χ0v) is 17.0. The molecule has 1 aliphatic heterocycles. The number of halogens is 3. The van der Waals surface area contributed by atoms with E-state index in [1.807, 2.05) is 0 Å². The highest BCUT2D eigenvalue weighted by molar-refractivity contribution is 7.89. The van der Waals surface area contributed by atoms with Crippen molar-refractivity contribution >= 4 is 16.0 Å². The molecule has 162 valence electrons. The van der Waals surface area contributed by atoms with Gasteiger partial charge in [-0.05, 0) is 48.2 Å². The van der Waals surface area contributed by atoms with Crippen LogP contribution in [0.25, 0.3) is 0 Å². The lowest BCUT2D eigenvalue weighted by Crippen LogP contribution is -2.35. The van der Waals surface area contributed by atoms with E-state index in [2.05, 4.69) is 0 Å². The molecule has 0 spiro atoms. The first-order chi connectivity index (χ1) is 14.2. The standard InChI is InChI=1S/C21H22F3NO4S/c22-21(23,24)18-8-4-17(5-9-18)15-29-20(26)14-16-6-10-19(11-7-16)30(27,28)25-12-2-1-3-13-25/h4-11H,1-3,12-15H2. The van der Waals surface area contributed by atoms with Crippen LogP contribution in [0.3, 0.4) is 0 Å². The SMILES string of the molecule is O=C(Cc1ccc(S(=O)(=O)N2CCCCC2)cc1)OCc1ccc(C(F)(F)F)cc1. The summed E-state index contributed by atoms with van der Waals surface area (Å²) in [7, 11) is -3.53. The Morgan fingerprint density at radius 2 is 1.47 bits per heavy atom. The molecule has 30 heavy (non-hydrogen) atoms. The van der Waals surface area contributed by atoms with E-state index in [-0.39, 0.29) is 17.9 Å². The van der Waals surface area contributed by atoms with Crippen LogP contribution in [-0.4, -0.2) is 31.8 Å². The molecule has 1 saturated heterocycles. The summed E-state index contributed by atoms with van der Waals surface area (Å²) in [6, 6.07) is 10.5. The number of rotatable bonds is 6. The van der Waals surface area contributed by atoms with Gasteiger partial charge in [0.15, 0.2) is 0 Å². The van der Waals surface area contributed by atoms with Crippen LogP contribution in [0.2, 0.25) is 0 Å². The normalized spacial score (nSPS) is 15.7. The van der Waals surface area contributed by atoms with Crippen molar-refractivity contribution in [2.24, 2.45) is 0 Å². The van der Waals surface area contributed by atoms with E-state index < -0.39 is 27.7 Å². The largest absolute Gasteiger partial charge is 0.461 e. The molecule has 0 radical (unpaired) electrons. The quantitative estimate of drug-likeness (QED) is 0.632. The Hall–Kier alpha value is -2.39. The van der Waals surface area contributed by atoms with Crippen LogP contribution in [0.4, 0.5) is 13.2 Å². The summed E-state index contributed by atoms with van der Waals surface area (Å²) in [5, 5.41) is 0. The minimum atomic E-state index is -4.41. The Morgan fingerprint density at radius 1 is 0.900 bits per heavy atom. The molecule has 1 heterocycles. The lowest BCUT2D eigenvalue weighted by molar-refractivity contribution is -0.144. The Kier molecular flexibility index (Phi) is 6.82. The van der Waals surface area contributed by atoms with Crippen LogP contribution in [0.1, 0.15) is 36.0 Å². The van der Waals surface area contributed by atoms with E-state index >= 15 is 0 Å². The molecular formula is C21H22F3NO4S. The van der Waals surface area contributed by atoms with Crippen molar-refractivity contribution in [3.05, 3.63) is 65.2 Å². The van der Waals surface area contributed by atoms with E-state index in [1.165, 1.54) is 28.6 Å². The van der Waals surface area contributed by atoms with Gasteiger partial charge in [0, 0.05) is 13.1 Å². The van der Waals surface area contributed by atoms with Crippen LogP contribution in [0, 0.1) is 0 Å². The summed E-state index contributed by atoms with van der Waals surface area (Å²) in [6.45, 7) is 0.888. The number of esters is 1. The fourth-order valence-corrected chi connectivity index (χ4v) is 4.72. The first-order valence-electron chi connectivity index (χ1n) is 9.57. The predicted molar refractivity (Wildman–Crippen MR) is 104 cm³/mol. The van der Waals surface area contributed by atoms with Crippen molar-refractivity contribution in [1.82, 2.24) is 4.31 Å².